The topological polar surface area (TPSA) is 86.8 Å². The predicted molar refractivity (Wildman–Crippen MR) is 158 cm³/mol. The van der Waals surface area contributed by atoms with Crippen LogP contribution in [-0.4, -0.2) is 55.1 Å². The van der Waals surface area contributed by atoms with Gasteiger partial charge < -0.3 is 10.2 Å². The monoisotopic (exact) mass is 613 g/mol. The molecule has 0 saturated carbocycles. The van der Waals surface area contributed by atoms with Crippen molar-refractivity contribution in [3.63, 3.8) is 0 Å². The Kier molecular flexibility index (Phi) is 10.9. The standard InChI is InChI=1S/C30H36BrN3O4S/c1-5-23(3)32-30(36)28(19-24-10-7-6-8-11-24)34(20-25-12-9-13-26(31)18-25)29(35)21-33(4)39(37,38)27-16-14-22(2)15-17-27/h6-18,23,28H,5,19-21H2,1-4H3,(H,32,36)/t23-,28-/m0/s1. The van der Waals surface area contributed by atoms with Crippen LogP contribution >= 0.6 is 15.9 Å². The summed E-state index contributed by atoms with van der Waals surface area (Å²) in [5, 5.41) is 3.02. The van der Waals surface area contributed by atoms with Crippen molar-refractivity contribution in [2.24, 2.45) is 0 Å². The summed E-state index contributed by atoms with van der Waals surface area (Å²) in [7, 11) is -2.53. The molecule has 0 unspecified atom stereocenters. The van der Waals surface area contributed by atoms with Crippen molar-refractivity contribution in [1.82, 2.24) is 14.5 Å². The molecule has 7 nitrogen and oxygen atoms in total. The molecule has 3 aromatic rings. The second-order valence-electron chi connectivity index (χ2n) is 9.75. The normalized spacial score (nSPS) is 13.1. The van der Waals surface area contributed by atoms with Gasteiger partial charge in [-0.3, -0.25) is 9.59 Å². The molecule has 2 atom stereocenters. The van der Waals surface area contributed by atoms with Gasteiger partial charge in [-0.15, -0.1) is 0 Å². The smallest absolute Gasteiger partial charge is 0.243 e. The Morgan fingerprint density at radius 3 is 2.21 bits per heavy atom. The van der Waals surface area contributed by atoms with Gasteiger partial charge in [0.25, 0.3) is 0 Å². The molecule has 3 aromatic carbocycles. The van der Waals surface area contributed by atoms with Crippen LogP contribution in [0.3, 0.4) is 0 Å². The van der Waals surface area contributed by atoms with E-state index in [0.29, 0.717) is 0 Å². The van der Waals surface area contributed by atoms with Crippen LogP contribution in [0.5, 0.6) is 0 Å². The van der Waals surface area contributed by atoms with E-state index < -0.39 is 28.5 Å². The molecule has 0 aliphatic heterocycles. The van der Waals surface area contributed by atoms with Crippen molar-refractivity contribution in [2.45, 2.75) is 57.1 Å². The van der Waals surface area contributed by atoms with Crippen LogP contribution in [0.2, 0.25) is 0 Å². The van der Waals surface area contributed by atoms with Crippen molar-refractivity contribution in [2.75, 3.05) is 13.6 Å². The molecule has 0 aromatic heterocycles. The number of hydrogen-bond donors (Lipinski definition) is 1. The Balaban J connectivity index is 1.98. The van der Waals surface area contributed by atoms with Gasteiger partial charge in [0.2, 0.25) is 21.8 Å². The van der Waals surface area contributed by atoms with Gasteiger partial charge in [0, 0.05) is 30.5 Å². The first-order chi connectivity index (χ1) is 18.5. The molecular formula is C30H36BrN3O4S. The maximum absolute atomic E-state index is 13.9. The van der Waals surface area contributed by atoms with Gasteiger partial charge in [0.15, 0.2) is 0 Å². The van der Waals surface area contributed by atoms with Crippen LogP contribution in [0, 0.1) is 6.92 Å². The van der Waals surface area contributed by atoms with E-state index in [9.17, 15) is 18.0 Å². The SMILES string of the molecule is CC[C@H](C)NC(=O)[C@H](Cc1ccccc1)N(Cc1cccc(Br)c1)C(=O)CN(C)S(=O)(=O)c1ccc(C)cc1. The van der Waals surface area contributed by atoms with Gasteiger partial charge in [-0.05, 0) is 55.7 Å². The van der Waals surface area contributed by atoms with Crippen molar-refractivity contribution in [3.8, 4) is 0 Å². The number of carbonyl (C=O) groups is 2. The summed E-state index contributed by atoms with van der Waals surface area (Å²) in [6.45, 7) is 5.50. The number of benzene rings is 3. The minimum absolute atomic E-state index is 0.0804. The average Bonchev–Trinajstić information content (AvgIpc) is 2.91. The van der Waals surface area contributed by atoms with Gasteiger partial charge in [-0.2, -0.15) is 4.31 Å². The number of amides is 2. The molecule has 0 heterocycles. The van der Waals surface area contributed by atoms with Gasteiger partial charge in [0.05, 0.1) is 11.4 Å². The summed E-state index contributed by atoms with van der Waals surface area (Å²) >= 11 is 3.48. The van der Waals surface area contributed by atoms with E-state index in [1.807, 2.05) is 75.4 Å². The molecule has 208 valence electrons. The number of hydrogen-bond acceptors (Lipinski definition) is 4. The number of halogens is 1. The lowest BCUT2D eigenvalue weighted by Gasteiger charge is -2.33. The highest BCUT2D eigenvalue weighted by molar-refractivity contribution is 9.10. The number of nitrogens with one attached hydrogen (secondary N) is 1. The predicted octanol–water partition coefficient (Wildman–Crippen LogP) is 4.93. The summed E-state index contributed by atoms with van der Waals surface area (Å²) in [4.78, 5) is 29.1. The summed E-state index contributed by atoms with van der Waals surface area (Å²) in [5.74, 6) is -0.742. The van der Waals surface area contributed by atoms with Gasteiger partial charge in [0.1, 0.15) is 6.04 Å². The molecule has 0 radical (unpaired) electrons. The largest absolute Gasteiger partial charge is 0.352 e. The number of carbonyl (C=O) groups excluding carboxylic acids is 2. The molecule has 0 bridgehead atoms. The molecule has 39 heavy (non-hydrogen) atoms. The zero-order valence-electron chi connectivity index (χ0n) is 22.8. The first-order valence-electron chi connectivity index (χ1n) is 12.9. The molecule has 2 amide bonds. The Morgan fingerprint density at radius 1 is 0.949 bits per heavy atom. The molecule has 0 aliphatic carbocycles. The second kappa shape index (κ2) is 13.9. The lowest BCUT2D eigenvalue weighted by molar-refractivity contribution is -0.141. The van der Waals surface area contributed by atoms with E-state index in [1.54, 1.807) is 12.1 Å². The quantitative estimate of drug-likeness (QED) is 0.314. The van der Waals surface area contributed by atoms with Crippen molar-refractivity contribution in [1.29, 1.82) is 0 Å². The first kappa shape index (κ1) is 30.5. The fourth-order valence-corrected chi connectivity index (χ4v) is 5.65. The van der Waals surface area contributed by atoms with E-state index >= 15 is 0 Å². The highest BCUT2D eigenvalue weighted by Gasteiger charge is 2.33. The summed E-state index contributed by atoms with van der Waals surface area (Å²) < 4.78 is 28.4. The van der Waals surface area contributed by atoms with Crippen molar-refractivity contribution in [3.05, 3.63) is 100 Å². The van der Waals surface area contributed by atoms with E-state index in [-0.39, 0.29) is 29.8 Å². The van der Waals surface area contributed by atoms with Crippen LogP contribution in [0.1, 0.15) is 37.0 Å². The van der Waals surface area contributed by atoms with Crippen molar-refractivity contribution < 1.29 is 18.0 Å². The lowest BCUT2D eigenvalue weighted by atomic mass is 10.0. The summed E-state index contributed by atoms with van der Waals surface area (Å²) in [5.41, 5.74) is 2.65. The van der Waals surface area contributed by atoms with Crippen LogP contribution < -0.4 is 5.32 Å². The van der Waals surface area contributed by atoms with Gasteiger partial charge in [-0.1, -0.05) is 83.0 Å². The maximum Gasteiger partial charge on any atom is 0.243 e. The number of sulfonamides is 1. The zero-order chi connectivity index (χ0) is 28.6. The summed E-state index contributed by atoms with van der Waals surface area (Å²) in [6.07, 6.45) is 1.03. The molecule has 0 saturated heterocycles. The van der Waals surface area contributed by atoms with Crippen molar-refractivity contribution >= 4 is 37.8 Å². The average molecular weight is 615 g/mol. The molecule has 0 fully saturated rings. The Labute approximate surface area is 240 Å². The molecule has 3 rings (SSSR count). The van der Waals surface area contributed by atoms with E-state index in [1.165, 1.54) is 24.1 Å². The van der Waals surface area contributed by atoms with Gasteiger partial charge in [-0.25, -0.2) is 8.42 Å². The molecular weight excluding hydrogens is 578 g/mol. The minimum atomic E-state index is -3.91. The molecule has 1 N–H and O–H groups in total. The highest BCUT2D eigenvalue weighted by atomic mass is 79.9. The Bertz CT molecular complexity index is 1360. The lowest BCUT2D eigenvalue weighted by Crippen LogP contribution is -2.54. The third-order valence-electron chi connectivity index (χ3n) is 6.60. The highest BCUT2D eigenvalue weighted by Crippen LogP contribution is 2.20. The van der Waals surface area contributed by atoms with E-state index in [0.717, 1.165) is 31.9 Å². The first-order valence-corrected chi connectivity index (χ1v) is 15.2. The second-order valence-corrected chi connectivity index (χ2v) is 12.7. The number of likely N-dealkylation sites (N-methyl/N-ethyl adjacent to an activating group) is 1. The number of rotatable bonds is 12. The minimum Gasteiger partial charge on any atom is -0.352 e. The Hall–Kier alpha value is -3.01. The van der Waals surface area contributed by atoms with E-state index in [2.05, 4.69) is 21.2 Å². The van der Waals surface area contributed by atoms with E-state index in [4.69, 9.17) is 0 Å². The number of aryl methyl sites for hydroxylation is 1. The number of nitrogens with zero attached hydrogens (tertiary/aromatic N) is 2. The molecule has 0 spiro atoms. The maximum atomic E-state index is 13.9. The van der Waals surface area contributed by atoms with Crippen LogP contribution in [0.15, 0.2) is 88.2 Å². The fourth-order valence-electron chi connectivity index (χ4n) is 4.08. The molecule has 9 heteroatoms. The Morgan fingerprint density at radius 2 is 1.59 bits per heavy atom. The van der Waals surface area contributed by atoms with Crippen LogP contribution in [0.4, 0.5) is 0 Å². The summed E-state index contributed by atoms with van der Waals surface area (Å²) in [6, 6.07) is 22.6. The fraction of sp³-hybridized carbons (Fsp3) is 0.333. The van der Waals surface area contributed by atoms with Crippen LogP contribution in [0.25, 0.3) is 0 Å². The zero-order valence-corrected chi connectivity index (χ0v) is 25.2. The molecule has 0 aliphatic rings. The third-order valence-corrected chi connectivity index (χ3v) is 8.91. The third kappa shape index (κ3) is 8.49. The van der Waals surface area contributed by atoms with Crippen LogP contribution in [-0.2, 0) is 32.6 Å². The van der Waals surface area contributed by atoms with Gasteiger partial charge >= 0.3 is 0 Å².